The highest BCUT2D eigenvalue weighted by Gasteiger charge is 2.53. The maximum atomic E-state index is 12.7. The van der Waals surface area contributed by atoms with E-state index in [0.29, 0.717) is 12.0 Å². The minimum absolute atomic E-state index is 0.233. The number of fused-ring (bicyclic) bond motifs is 9. The van der Waals surface area contributed by atoms with E-state index >= 15 is 0 Å². The average Bonchev–Trinajstić information content (AvgIpc) is 3.37. The van der Waals surface area contributed by atoms with Crippen LogP contribution in [0.15, 0.2) is 24.3 Å². The minimum atomic E-state index is -0.233. The maximum absolute atomic E-state index is 12.7. The first-order valence-electron chi connectivity index (χ1n) is 10.7. The molecule has 6 rings (SSSR count). The molecule has 3 fully saturated rings. The SMILES string of the molecule is COC(=O)n1c2c(c3ccccc31)C1C(CC2)CCC2C[C@@H]3CCCN3C21. The second-order valence-electron chi connectivity index (χ2n) is 9.11. The standard InChI is InChI=1S/C23H28N2O2/c1-27-23(26)25-18-7-3-2-6-17(18)21-19(25)11-10-14-8-9-15-13-16-5-4-12-24(16)22(15)20(14)21/h2-3,6-7,14-16,20,22H,4-5,8-13H2,1H3/t14?,15?,16-,20?,22?/m0/s1. The molecule has 1 aromatic carbocycles. The van der Waals surface area contributed by atoms with Crippen molar-refractivity contribution in [2.24, 2.45) is 11.8 Å². The maximum Gasteiger partial charge on any atom is 0.418 e. The van der Waals surface area contributed by atoms with Crippen LogP contribution in [0.25, 0.3) is 10.9 Å². The van der Waals surface area contributed by atoms with E-state index in [0.717, 1.165) is 29.8 Å². The number of aromatic nitrogens is 1. The lowest BCUT2D eigenvalue weighted by atomic mass is 9.63. The fourth-order valence-corrected chi connectivity index (χ4v) is 7.23. The molecule has 1 saturated carbocycles. The van der Waals surface area contributed by atoms with Crippen molar-refractivity contribution in [3.63, 3.8) is 0 Å². The van der Waals surface area contributed by atoms with Gasteiger partial charge in [-0.1, -0.05) is 18.2 Å². The van der Waals surface area contributed by atoms with Crippen molar-refractivity contribution in [3.8, 4) is 0 Å². The van der Waals surface area contributed by atoms with E-state index in [2.05, 4.69) is 23.1 Å². The Hall–Kier alpha value is -1.81. The summed E-state index contributed by atoms with van der Waals surface area (Å²) in [7, 11) is 1.50. The number of hydrogen-bond donors (Lipinski definition) is 0. The van der Waals surface area contributed by atoms with Gasteiger partial charge in [-0.3, -0.25) is 4.90 Å². The van der Waals surface area contributed by atoms with Crippen LogP contribution in [0.5, 0.6) is 0 Å². The quantitative estimate of drug-likeness (QED) is 0.688. The van der Waals surface area contributed by atoms with Crippen LogP contribution in [-0.2, 0) is 11.2 Å². The first-order chi connectivity index (χ1) is 13.3. The molecule has 0 spiro atoms. The molecule has 142 valence electrons. The van der Waals surface area contributed by atoms with Gasteiger partial charge in [0.05, 0.1) is 12.6 Å². The topological polar surface area (TPSA) is 34.5 Å². The van der Waals surface area contributed by atoms with Crippen molar-refractivity contribution in [1.82, 2.24) is 9.47 Å². The number of hydrogen-bond acceptors (Lipinski definition) is 3. The van der Waals surface area contributed by atoms with Crippen LogP contribution < -0.4 is 0 Å². The number of ether oxygens (including phenoxy) is 1. The lowest BCUT2D eigenvalue weighted by Gasteiger charge is -2.46. The van der Waals surface area contributed by atoms with E-state index in [4.69, 9.17) is 4.74 Å². The number of carbonyl (C=O) groups excluding carboxylic acids is 1. The minimum Gasteiger partial charge on any atom is -0.452 e. The third-order valence-electron chi connectivity index (χ3n) is 8.11. The van der Waals surface area contributed by atoms with Crippen molar-refractivity contribution in [1.29, 1.82) is 0 Å². The van der Waals surface area contributed by atoms with Crippen LogP contribution in [-0.4, -0.2) is 41.3 Å². The molecule has 2 aromatic rings. The summed E-state index contributed by atoms with van der Waals surface area (Å²) in [5.41, 5.74) is 3.75. The van der Waals surface area contributed by atoms with E-state index in [1.165, 1.54) is 68.8 Å². The smallest absolute Gasteiger partial charge is 0.418 e. The Balaban J connectivity index is 1.57. The summed E-state index contributed by atoms with van der Waals surface area (Å²) < 4.78 is 7.05. The molecule has 5 atom stereocenters. The fourth-order valence-electron chi connectivity index (χ4n) is 7.23. The zero-order chi connectivity index (χ0) is 18.1. The van der Waals surface area contributed by atoms with Crippen molar-refractivity contribution < 1.29 is 9.53 Å². The van der Waals surface area contributed by atoms with E-state index in [9.17, 15) is 4.79 Å². The summed E-state index contributed by atoms with van der Waals surface area (Å²) in [6.45, 7) is 1.28. The number of nitrogens with zero attached hydrogens (tertiary/aromatic N) is 2. The third-order valence-corrected chi connectivity index (χ3v) is 8.11. The van der Waals surface area contributed by atoms with Crippen LogP contribution in [0.2, 0.25) is 0 Å². The Morgan fingerprint density at radius 1 is 1.11 bits per heavy atom. The van der Waals surface area contributed by atoms with Gasteiger partial charge >= 0.3 is 6.09 Å². The summed E-state index contributed by atoms with van der Waals surface area (Å²) in [5, 5.41) is 1.29. The van der Waals surface area contributed by atoms with Crippen molar-refractivity contribution in [2.75, 3.05) is 13.7 Å². The van der Waals surface area contributed by atoms with E-state index in [1.54, 1.807) is 0 Å². The van der Waals surface area contributed by atoms with Crippen LogP contribution >= 0.6 is 0 Å². The molecule has 4 unspecified atom stereocenters. The Labute approximate surface area is 160 Å². The molecule has 3 heterocycles. The second-order valence-corrected chi connectivity index (χ2v) is 9.11. The predicted octanol–water partition coefficient (Wildman–Crippen LogP) is 4.55. The van der Waals surface area contributed by atoms with Crippen molar-refractivity contribution in [3.05, 3.63) is 35.5 Å². The van der Waals surface area contributed by atoms with Gasteiger partial charge in [-0.2, -0.15) is 0 Å². The van der Waals surface area contributed by atoms with Gasteiger partial charge in [0.15, 0.2) is 0 Å². The number of carbonyl (C=O) groups is 1. The van der Waals surface area contributed by atoms with Crippen LogP contribution in [0, 0.1) is 11.8 Å². The molecule has 0 amide bonds. The van der Waals surface area contributed by atoms with Gasteiger partial charge in [0.25, 0.3) is 0 Å². The number of para-hydroxylation sites is 1. The zero-order valence-electron chi connectivity index (χ0n) is 16.1. The van der Waals surface area contributed by atoms with Gasteiger partial charge in [0.1, 0.15) is 0 Å². The summed E-state index contributed by atoms with van der Waals surface area (Å²) in [5.74, 6) is 2.21. The van der Waals surface area contributed by atoms with Gasteiger partial charge < -0.3 is 4.74 Å². The molecule has 4 heteroatoms. The molecule has 4 nitrogen and oxygen atoms in total. The fraction of sp³-hybridized carbons (Fsp3) is 0.609. The lowest BCUT2D eigenvalue weighted by Crippen LogP contribution is -2.45. The molecule has 2 saturated heterocycles. The predicted molar refractivity (Wildman–Crippen MR) is 105 cm³/mol. The molecular weight excluding hydrogens is 336 g/mol. The van der Waals surface area contributed by atoms with E-state index in [1.807, 2.05) is 10.6 Å². The molecular formula is C23H28N2O2. The Bertz CT molecular complexity index is 916. The monoisotopic (exact) mass is 364 g/mol. The van der Waals surface area contributed by atoms with Crippen molar-refractivity contribution in [2.45, 2.75) is 62.9 Å². The summed E-state index contributed by atoms with van der Waals surface area (Å²) in [6.07, 6.45) is 8.91. The molecule has 2 aliphatic heterocycles. The molecule has 0 radical (unpaired) electrons. The highest BCUT2D eigenvalue weighted by Crippen LogP contribution is 2.56. The van der Waals surface area contributed by atoms with Gasteiger partial charge in [0.2, 0.25) is 0 Å². The van der Waals surface area contributed by atoms with Gasteiger partial charge in [-0.25, -0.2) is 9.36 Å². The summed E-state index contributed by atoms with van der Waals surface area (Å²) >= 11 is 0. The lowest BCUT2D eigenvalue weighted by molar-refractivity contribution is 0.107. The highest BCUT2D eigenvalue weighted by molar-refractivity contribution is 5.94. The Kier molecular flexibility index (Phi) is 3.50. The van der Waals surface area contributed by atoms with Gasteiger partial charge in [-0.15, -0.1) is 0 Å². The number of rotatable bonds is 0. The first kappa shape index (κ1) is 16.2. The summed E-state index contributed by atoms with van der Waals surface area (Å²) in [4.78, 5) is 15.5. The molecule has 0 bridgehead atoms. The highest BCUT2D eigenvalue weighted by atomic mass is 16.5. The van der Waals surface area contributed by atoms with Crippen LogP contribution in [0.1, 0.15) is 55.7 Å². The van der Waals surface area contributed by atoms with Crippen molar-refractivity contribution >= 4 is 17.0 Å². The average molecular weight is 364 g/mol. The van der Waals surface area contributed by atoms with Gasteiger partial charge in [-0.05, 0) is 75.0 Å². The Morgan fingerprint density at radius 3 is 2.85 bits per heavy atom. The summed E-state index contributed by atoms with van der Waals surface area (Å²) in [6, 6.07) is 10.00. The molecule has 4 aliphatic rings. The molecule has 0 N–H and O–H groups in total. The molecule has 2 aliphatic carbocycles. The van der Waals surface area contributed by atoms with Gasteiger partial charge in [0, 0.05) is 29.1 Å². The molecule has 1 aromatic heterocycles. The number of methoxy groups -OCH3 is 1. The third kappa shape index (κ3) is 2.11. The van der Waals surface area contributed by atoms with Crippen LogP contribution in [0.3, 0.4) is 0 Å². The molecule has 27 heavy (non-hydrogen) atoms. The second kappa shape index (κ2) is 5.84. The van der Waals surface area contributed by atoms with E-state index in [-0.39, 0.29) is 6.09 Å². The first-order valence-corrected chi connectivity index (χ1v) is 10.7. The zero-order valence-corrected chi connectivity index (χ0v) is 16.1. The number of benzene rings is 1. The van der Waals surface area contributed by atoms with Crippen LogP contribution in [0.4, 0.5) is 4.79 Å². The largest absolute Gasteiger partial charge is 0.452 e. The normalized spacial score (nSPS) is 34.8. The van der Waals surface area contributed by atoms with E-state index < -0.39 is 0 Å². The Morgan fingerprint density at radius 2 is 1.96 bits per heavy atom.